The van der Waals surface area contributed by atoms with Crippen molar-refractivity contribution in [1.29, 1.82) is 0 Å². The van der Waals surface area contributed by atoms with Crippen LogP contribution in [0, 0.1) is 0 Å². The summed E-state index contributed by atoms with van der Waals surface area (Å²) >= 11 is 0. The molecule has 0 spiro atoms. The van der Waals surface area contributed by atoms with E-state index in [1.54, 1.807) is 0 Å². The summed E-state index contributed by atoms with van der Waals surface area (Å²) in [4.78, 5) is 27.2. The molecule has 3 saturated heterocycles. The van der Waals surface area contributed by atoms with Crippen LogP contribution in [0.1, 0.15) is 25.7 Å². The number of carbonyl (C=O) groups is 2. The van der Waals surface area contributed by atoms with Gasteiger partial charge in [0.25, 0.3) is 0 Å². The number of anilines is 1. The highest BCUT2D eigenvalue weighted by Crippen LogP contribution is 2.28. The van der Waals surface area contributed by atoms with Crippen LogP contribution in [0.15, 0.2) is 29.2 Å². The Hall–Kier alpha value is -1.77. The molecule has 134 valence electrons. The average Bonchev–Trinajstić information content (AvgIpc) is 3.16. The van der Waals surface area contributed by atoms with E-state index in [0.717, 1.165) is 18.0 Å². The monoisotopic (exact) mass is 363 g/mol. The van der Waals surface area contributed by atoms with E-state index in [0.29, 0.717) is 24.8 Å². The molecule has 0 saturated carbocycles. The number of imide groups is 1. The lowest BCUT2D eigenvalue weighted by Crippen LogP contribution is -2.60. The van der Waals surface area contributed by atoms with Gasteiger partial charge in [-0.3, -0.25) is 19.4 Å². The second-order valence-corrected chi connectivity index (χ2v) is 8.77. The Bertz CT molecular complexity index is 778. The van der Waals surface area contributed by atoms with Gasteiger partial charge in [0.05, 0.1) is 10.6 Å². The maximum absolute atomic E-state index is 12.7. The van der Waals surface area contributed by atoms with Crippen LogP contribution in [0.5, 0.6) is 0 Å². The Morgan fingerprint density at radius 1 is 0.880 bits per heavy atom. The number of rotatable bonds is 4. The highest BCUT2D eigenvalue weighted by atomic mass is 32.2. The summed E-state index contributed by atoms with van der Waals surface area (Å²) < 4.78 is 26.9. The first-order valence-electron chi connectivity index (χ1n) is 8.67. The number of sulfonamides is 1. The van der Waals surface area contributed by atoms with Crippen LogP contribution in [0.4, 0.5) is 5.69 Å². The third kappa shape index (κ3) is 2.88. The maximum Gasteiger partial charge on any atom is 0.243 e. The predicted octanol–water partition coefficient (Wildman–Crippen LogP) is 0.809. The number of hydrogen-bond acceptors (Lipinski definition) is 5. The molecule has 0 bridgehead atoms. The maximum atomic E-state index is 12.7. The SMILES string of the molecule is O=C1CCC(=O)N1c1ccc(S(=O)(=O)N2CC(N3CCCC3)C2)cc1. The van der Waals surface area contributed by atoms with Crippen LogP contribution in [0.3, 0.4) is 0 Å². The summed E-state index contributed by atoms with van der Waals surface area (Å²) in [6, 6.07) is 6.35. The van der Waals surface area contributed by atoms with Gasteiger partial charge >= 0.3 is 0 Å². The first-order chi connectivity index (χ1) is 12.0. The first kappa shape index (κ1) is 16.7. The number of amides is 2. The molecule has 0 N–H and O–H groups in total. The Labute approximate surface area is 147 Å². The molecule has 8 heteroatoms. The summed E-state index contributed by atoms with van der Waals surface area (Å²) in [6.07, 6.45) is 2.81. The van der Waals surface area contributed by atoms with E-state index in [1.165, 1.54) is 41.4 Å². The second kappa shape index (κ2) is 6.19. The molecule has 25 heavy (non-hydrogen) atoms. The fourth-order valence-electron chi connectivity index (χ4n) is 3.73. The molecule has 4 rings (SSSR count). The normalized spacial score (nSPS) is 23.4. The van der Waals surface area contributed by atoms with Crippen LogP contribution in [0.2, 0.25) is 0 Å². The zero-order chi connectivity index (χ0) is 17.6. The third-order valence-electron chi connectivity index (χ3n) is 5.27. The predicted molar refractivity (Wildman–Crippen MR) is 91.5 cm³/mol. The number of likely N-dealkylation sites (tertiary alicyclic amines) is 1. The third-order valence-corrected chi connectivity index (χ3v) is 7.12. The van der Waals surface area contributed by atoms with Crippen molar-refractivity contribution in [3.8, 4) is 0 Å². The molecule has 3 fully saturated rings. The zero-order valence-electron chi connectivity index (χ0n) is 13.9. The van der Waals surface area contributed by atoms with E-state index < -0.39 is 10.0 Å². The van der Waals surface area contributed by atoms with Crippen molar-refractivity contribution in [3.05, 3.63) is 24.3 Å². The molecule has 3 heterocycles. The van der Waals surface area contributed by atoms with Crippen molar-refractivity contribution in [2.45, 2.75) is 36.6 Å². The van der Waals surface area contributed by atoms with Crippen molar-refractivity contribution < 1.29 is 18.0 Å². The van der Waals surface area contributed by atoms with Gasteiger partial charge in [-0.1, -0.05) is 0 Å². The number of hydrogen-bond donors (Lipinski definition) is 0. The molecule has 0 radical (unpaired) electrons. The number of nitrogens with zero attached hydrogens (tertiary/aromatic N) is 3. The largest absolute Gasteiger partial charge is 0.298 e. The highest BCUT2D eigenvalue weighted by Gasteiger charge is 2.40. The van der Waals surface area contributed by atoms with Crippen LogP contribution >= 0.6 is 0 Å². The van der Waals surface area contributed by atoms with Crippen molar-refractivity contribution in [1.82, 2.24) is 9.21 Å². The number of carbonyl (C=O) groups excluding carboxylic acids is 2. The van der Waals surface area contributed by atoms with Gasteiger partial charge in [-0.15, -0.1) is 0 Å². The highest BCUT2D eigenvalue weighted by molar-refractivity contribution is 7.89. The lowest BCUT2D eigenvalue weighted by molar-refractivity contribution is -0.121. The van der Waals surface area contributed by atoms with Crippen LogP contribution < -0.4 is 4.90 Å². The van der Waals surface area contributed by atoms with Gasteiger partial charge in [0, 0.05) is 32.0 Å². The van der Waals surface area contributed by atoms with Gasteiger partial charge in [-0.25, -0.2) is 8.42 Å². The smallest absolute Gasteiger partial charge is 0.243 e. The molecule has 1 aromatic carbocycles. The van der Waals surface area contributed by atoms with Crippen molar-refractivity contribution >= 4 is 27.5 Å². The fraction of sp³-hybridized carbons (Fsp3) is 0.529. The molecule has 0 atom stereocenters. The Morgan fingerprint density at radius 2 is 1.44 bits per heavy atom. The zero-order valence-corrected chi connectivity index (χ0v) is 14.7. The van der Waals surface area contributed by atoms with Crippen LogP contribution in [0.25, 0.3) is 0 Å². The van der Waals surface area contributed by atoms with E-state index in [2.05, 4.69) is 4.90 Å². The summed E-state index contributed by atoms with van der Waals surface area (Å²) in [6.45, 7) is 3.19. The number of benzene rings is 1. The molecule has 0 unspecified atom stereocenters. The molecule has 1 aromatic rings. The molecule has 3 aliphatic rings. The Morgan fingerprint density at radius 3 is 2.00 bits per heavy atom. The van der Waals surface area contributed by atoms with Gasteiger partial charge in [0.2, 0.25) is 21.8 Å². The topological polar surface area (TPSA) is 78.0 Å². The minimum Gasteiger partial charge on any atom is -0.298 e. The van der Waals surface area contributed by atoms with Gasteiger partial charge in [0.1, 0.15) is 0 Å². The quantitative estimate of drug-likeness (QED) is 0.740. The first-order valence-corrected chi connectivity index (χ1v) is 10.1. The average molecular weight is 363 g/mol. The molecular formula is C17H21N3O4S. The summed E-state index contributed by atoms with van der Waals surface area (Å²) in [5.41, 5.74) is 0.435. The Kier molecular flexibility index (Phi) is 4.13. The molecular weight excluding hydrogens is 342 g/mol. The Balaban J connectivity index is 1.46. The summed E-state index contributed by atoms with van der Waals surface area (Å²) in [5, 5.41) is 0. The second-order valence-electron chi connectivity index (χ2n) is 6.84. The van der Waals surface area contributed by atoms with Crippen molar-refractivity contribution in [2.24, 2.45) is 0 Å². The standard InChI is InChI=1S/C17H21N3O4S/c21-16-7-8-17(22)20(16)13-3-5-15(6-4-13)25(23,24)19-11-14(12-19)18-9-1-2-10-18/h3-6,14H,1-2,7-12H2. The molecule has 7 nitrogen and oxygen atoms in total. The molecule has 0 aromatic heterocycles. The summed E-state index contributed by atoms with van der Waals surface area (Å²) in [5.74, 6) is -0.478. The lowest BCUT2D eigenvalue weighted by Gasteiger charge is -2.42. The lowest BCUT2D eigenvalue weighted by atomic mass is 10.1. The van der Waals surface area contributed by atoms with E-state index in [-0.39, 0.29) is 29.6 Å². The van der Waals surface area contributed by atoms with Crippen molar-refractivity contribution in [3.63, 3.8) is 0 Å². The van der Waals surface area contributed by atoms with Crippen LogP contribution in [-0.4, -0.2) is 61.7 Å². The summed E-state index contributed by atoms with van der Waals surface area (Å²) in [7, 11) is -3.51. The van der Waals surface area contributed by atoms with Crippen LogP contribution in [-0.2, 0) is 19.6 Å². The van der Waals surface area contributed by atoms with E-state index in [1.807, 2.05) is 0 Å². The van der Waals surface area contributed by atoms with Gasteiger partial charge in [-0.05, 0) is 50.2 Å². The van der Waals surface area contributed by atoms with Gasteiger partial charge in [-0.2, -0.15) is 4.31 Å². The van der Waals surface area contributed by atoms with Gasteiger partial charge < -0.3 is 0 Å². The fourth-order valence-corrected chi connectivity index (χ4v) is 5.25. The minimum absolute atomic E-state index is 0.204. The molecule has 3 aliphatic heterocycles. The van der Waals surface area contributed by atoms with E-state index in [9.17, 15) is 18.0 Å². The van der Waals surface area contributed by atoms with Gasteiger partial charge in [0.15, 0.2) is 0 Å². The van der Waals surface area contributed by atoms with Crippen molar-refractivity contribution in [2.75, 3.05) is 31.1 Å². The molecule has 2 amide bonds. The van der Waals surface area contributed by atoms with E-state index >= 15 is 0 Å². The van der Waals surface area contributed by atoms with E-state index in [4.69, 9.17) is 0 Å². The minimum atomic E-state index is -3.51. The molecule has 0 aliphatic carbocycles.